The van der Waals surface area contributed by atoms with E-state index in [1.54, 1.807) is 6.07 Å². The number of halogens is 6. The zero-order valence-corrected chi connectivity index (χ0v) is 28.3. The Morgan fingerprint density at radius 1 is 0.481 bits per heavy atom. The van der Waals surface area contributed by atoms with Crippen molar-refractivity contribution in [3.8, 4) is 0 Å². The number of hydrogen-bond acceptors (Lipinski definition) is 2. The molecule has 0 saturated carbocycles. The third kappa shape index (κ3) is 4.82. The molecule has 2 heterocycles. The average Bonchev–Trinajstić information content (AvgIpc) is 3.10. The molecule has 2 aliphatic heterocycles. The van der Waals surface area contributed by atoms with Crippen molar-refractivity contribution in [3.05, 3.63) is 149 Å². The molecule has 0 unspecified atom stereocenters. The van der Waals surface area contributed by atoms with E-state index in [-0.39, 0.29) is 0 Å². The van der Waals surface area contributed by atoms with Gasteiger partial charge in [-0.25, -0.2) is 0 Å². The number of anilines is 6. The Kier molecular flexibility index (Phi) is 6.91. The summed E-state index contributed by atoms with van der Waals surface area (Å²) in [5.41, 5.74) is 7.82. The smallest absolute Gasteiger partial charge is 0.307 e. The Labute approximate surface area is 296 Å². The Morgan fingerprint density at radius 3 is 1.63 bits per heavy atom. The van der Waals surface area contributed by atoms with Gasteiger partial charge in [0.1, 0.15) is 0 Å². The highest BCUT2D eigenvalue weighted by atomic mass is 19.4. The lowest BCUT2D eigenvalue weighted by atomic mass is 9.33. The molecule has 0 amide bonds. The second-order valence-corrected chi connectivity index (χ2v) is 13.8. The molecule has 0 aliphatic carbocycles. The number of fused-ring (bicyclic) bond motifs is 7. The Hall–Kier alpha value is -5.70. The van der Waals surface area contributed by atoms with Crippen LogP contribution in [0.1, 0.15) is 27.8 Å². The molecule has 0 aromatic heterocycles. The highest BCUT2D eigenvalue weighted by Crippen LogP contribution is 2.56. The average molecular weight is 699 g/mol. The summed E-state index contributed by atoms with van der Waals surface area (Å²) in [4.78, 5) is 4.05. The van der Waals surface area contributed by atoms with Crippen molar-refractivity contribution in [1.29, 1.82) is 0 Å². The van der Waals surface area contributed by atoms with E-state index in [9.17, 15) is 26.3 Å². The van der Waals surface area contributed by atoms with Crippen LogP contribution < -0.4 is 26.2 Å². The van der Waals surface area contributed by atoms with Crippen LogP contribution in [0, 0.1) is 20.8 Å². The SMILES string of the molecule is Cc1cc(C)c(B2c3cc(C(F)(F)F)ccc3N3c4cc5ccccc5cc4N(c4ccc(C(F)(F)F)cc4)c4cc5ccccc5c2c43)c(C)c1. The van der Waals surface area contributed by atoms with Gasteiger partial charge in [-0.15, -0.1) is 0 Å². The number of hydrogen-bond donors (Lipinski definition) is 0. The first-order chi connectivity index (χ1) is 24.8. The molecular formula is C43H29BF6N2. The van der Waals surface area contributed by atoms with E-state index in [4.69, 9.17) is 0 Å². The fourth-order valence-electron chi connectivity index (χ4n) is 8.47. The molecule has 0 radical (unpaired) electrons. The standard InChI is InChI=1S/C43H29BF6N2/c1-24-18-25(2)39(26(3)19-24)44-34-23-31(43(48,49)50)14-17-35(34)52-37-21-28-9-5-4-8-27(28)20-36(37)51(32-15-12-30(13-16-32)42(45,46)47)38-22-29-10-6-7-11-33(29)40(44)41(38)52/h4-23H,1-3H3. The lowest BCUT2D eigenvalue weighted by Gasteiger charge is -2.46. The third-order valence-electron chi connectivity index (χ3n) is 10.5. The normalized spacial score (nSPS) is 13.8. The van der Waals surface area contributed by atoms with Gasteiger partial charge < -0.3 is 9.80 Å². The second kappa shape index (κ2) is 11.2. The fraction of sp³-hybridized carbons (Fsp3) is 0.116. The summed E-state index contributed by atoms with van der Waals surface area (Å²) >= 11 is 0. The molecule has 0 saturated heterocycles. The summed E-state index contributed by atoms with van der Waals surface area (Å²) in [5, 5.41) is 3.58. The molecule has 0 fully saturated rings. The van der Waals surface area contributed by atoms with E-state index in [0.717, 1.165) is 73.0 Å². The van der Waals surface area contributed by atoms with Gasteiger partial charge in [0.2, 0.25) is 6.71 Å². The number of rotatable bonds is 2. The van der Waals surface area contributed by atoms with Crippen LogP contribution in [0.15, 0.2) is 121 Å². The first-order valence-electron chi connectivity index (χ1n) is 16.9. The molecule has 7 aromatic rings. The minimum atomic E-state index is -4.57. The maximum absolute atomic E-state index is 14.6. The summed E-state index contributed by atoms with van der Waals surface area (Å²) < 4.78 is 85.1. The largest absolute Gasteiger partial charge is 0.416 e. The van der Waals surface area contributed by atoms with Crippen molar-refractivity contribution in [2.45, 2.75) is 33.1 Å². The van der Waals surface area contributed by atoms with Crippen LogP contribution in [0.3, 0.4) is 0 Å². The van der Waals surface area contributed by atoms with Crippen LogP contribution in [0.2, 0.25) is 0 Å². The van der Waals surface area contributed by atoms with Crippen LogP contribution in [0.4, 0.5) is 60.5 Å². The van der Waals surface area contributed by atoms with E-state index in [1.807, 2.05) is 92.4 Å². The lowest BCUT2D eigenvalue weighted by Crippen LogP contribution is -2.59. The van der Waals surface area contributed by atoms with Gasteiger partial charge in [-0.2, -0.15) is 26.3 Å². The van der Waals surface area contributed by atoms with Gasteiger partial charge in [-0.1, -0.05) is 88.9 Å². The summed E-state index contributed by atoms with van der Waals surface area (Å²) in [5.74, 6) is 0. The highest BCUT2D eigenvalue weighted by molar-refractivity contribution is 7.00. The van der Waals surface area contributed by atoms with Gasteiger partial charge in [-0.3, -0.25) is 0 Å². The summed E-state index contributed by atoms with van der Waals surface area (Å²) in [6, 6.07) is 35.0. The second-order valence-electron chi connectivity index (χ2n) is 13.8. The first-order valence-corrected chi connectivity index (χ1v) is 16.9. The predicted octanol–water partition coefficient (Wildman–Crippen LogP) is 11.0. The zero-order chi connectivity index (χ0) is 36.3. The van der Waals surface area contributed by atoms with E-state index in [2.05, 4.69) is 17.0 Å². The number of nitrogens with zero attached hydrogens (tertiary/aromatic N) is 2. The number of alkyl halides is 6. The molecule has 2 aliphatic rings. The van der Waals surface area contributed by atoms with E-state index in [1.165, 1.54) is 18.2 Å². The maximum atomic E-state index is 14.6. The van der Waals surface area contributed by atoms with Gasteiger partial charge >= 0.3 is 12.4 Å². The highest BCUT2D eigenvalue weighted by Gasteiger charge is 2.45. The van der Waals surface area contributed by atoms with Gasteiger partial charge in [0.15, 0.2) is 0 Å². The molecule has 0 spiro atoms. The van der Waals surface area contributed by atoms with E-state index >= 15 is 0 Å². The van der Waals surface area contributed by atoms with Crippen molar-refractivity contribution in [2.24, 2.45) is 0 Å². The number of aryl methyl sites for hydroxylation is 3. The molecule has 2 nitrogen and oxygen atoms in total. The molecule has 52 heavy (non-hydrogen) atoms. The van der Waals surface area contributed by atoms with Crippen molar-refractivity contribution >= 4 is 78.8 Å². The van der Waals surface area contributed by atoms with Gasteiger partial charge in [0.25, 0.3) is 0 Å². The summed E-state index contributed by atoms with van der Waals surface area (Å²) in [7, 11) is 0. The van der Waals surface area contributed by atoms with Crippen LogP contribution in [-0.4, -0.2) is 6.71 Å². The maximum Gasteiger partial charge on any atom is 0.416 e. The molecule has 256 valence electrons. The third-order valence-corrected chi connectivity index (χ3v) is 10.5. The quantitative estimate of drug-likeness (QED) is 0.131. The topological polar surface area (TPSA) is 6.48 Å². The summed E-state index contributed by atoms with van der Waals surface area (Å²) in [6.45, 7) is 5.42. The Balaban J connectivity index is 1.46. The van der Waals surface area contributed by atoms with Gasteiger partial charge in [0.05, 0.1) is 33.9 Å². The van der Waals surface area contributed by atoms with E-state index in [0.29, 0.717) is 33.9 Å². The fourth-order valence-corrected chi connectivity index (χ4v) is 8.47. The lowest BCUT2D eigenvalue weighted by molar-refractivity contribution is -0.138. The van der Waals surface area contributed by atoms with E-state index < -0.39 is 30.2 Å². The molecule has 0 bridgehead atoms. The first kappa shape index (κ1) is 32.2. The molecule has 7 aromatic carbocycles. The predicted molar refractivity (Wildman–Crippen MR) is 200 cm³/mol. The van der Waals surface area contributed by atoms with Gasteiger partial charge in [-0.05, 0) is 108 Å². The summed E-state index contributed by atoms with van der Waals surface area (Å²) in [6.07, 6.45) is -9.08. The Bertz CT molecular complexity index is 2590. The van der Waals surface area contributed by atoms with Gasteiger partial charge in [0, 0.05) is 11.4 Å². The van der Waals surface area contributed by atoms with Crippen molar-refractivity contribution in [1.82, 2.24) is 0 Å². The van der Waals surface area contributed by atoms with Crippen molar-refractivity contribution < 1.29 is 26.3 Å². The Morgan fingerprint density at radius 2 is 1.02 bits per heavy atom. The van der Waals surface area contributed by atoms with Crippen molar-refractivity contribution in [3.63, 3.8) is 0 Å². The minimum absolute atomic E-state index is 0.527. The molecule has 9 rings (SSSR count). The van der Waals surface area contributed by atoms with Crippen molar-refractivity contribution in [2.75, 3.05) is 9.80 Å². The monoisotopic (exact) mass is 698 g/mol. The van der Waals surface area contributed by atoms with Crippen LogP contribution >= 0.6 is 0 Å². The molecule has 0 N–H and O–H groups in total. The van der Waals surface area contributed by atoms with Crippen LogP contribution in [-0.2, 0) is 12.4 Å². The zero-order valence-electron chi connectivity index (χ0n) is 28.3. The number of benzene rings is 7. The molecule has 0 atom stereocenters. The van der Waals surface area contributed by atoms with Crippen LogP contribution in [0.25, 0.3) is 21.5 Å². The van der Waals surface area contributed by atoms with Crippen LogP contribution in [0.5, 0.6) is 0 Å². The minimum Gasteiger partial charge on any atom is -0.307 e. The molecular weight excluding hydrogens is 669 g/mol. The molecule has 9 heteroatoms.